The fourth-order valence-electron chi connectivity index (χ4n) is 2.16. The van der Waals surface area contributed by atoms with Crippen molar-refractivity contribution >= 4 is 6.09 Å². The SMILES string of the molecule is CC(C)(C)OC(=O)NC1CCC1.FOCC1CCNCC1. The molecular formula is C15H29FN2O3. The second-order valence-corrected chi connectivity index (χ2v) is 6.74. The van der Waals surface area contributed by atoms with Crippen LogP contribution in [0.5, 0.6) is 0 Å². The Balaban J connectivity index is 0.000000219. The molecule has 5 nitrogen and oxygen atoms in total. The van der Waals surface area contributed by atoms with Crippen LogP contribution in [-0.4, -0.2) is 37.4 Å². The zero-order valence-electron chi connectivity index (χ0n) is 13.4. The number of amides is 1. The van der Waals surface area contributed by atoms with Crippen LogP contribution >= 0.6 is 0 Å². The highest BCUT2D eigenvalue weighted by Gasteiger charge is 2.22. The van der Waals surface area contributed by atoms with Gasteiger partial charge in [0.05, 0.1) is 6.61 Å². The molecule has 1 heterocycles. The number of nitrogens with one attached hydrogen (secondary N) is 2. The Morgan fingerprint density at radius 3 is 2.29 bits per heavy atom. The normalized spacial score (nSPS) is 20.0. The van der Waals surface area contributed by atoms with Gasteiger partial charge in [0, 0.05) is 6.04 Å². The van der Waals surface area contributed by atoms with Crippen molar-refractivity contribution in [2.45, 2.75) is 64.5 Å². The lowest BCUT2D eigenvalue weighted by Crippen LogP contribution is -2.42. The van der Waals surface area contributed by atoms with Crippen LogP contribution in [0.2, 0.25) is 0 Å². The number of hydrogen-bond acceptors (Lipinski definition) is 4. The number of rotatable bonds is 3. The molecule has 1 amide bonds. The molecular weight excluding hydrogens is 275 g/mol. The number of ether oxygens (including phenoxy) is 1. The molecule has 2 rings (SSSR count). The van der Waals surface area contributed by atoms with Gasteiger partial charge >= 0.3 is 6.09 Å². The van der Waals surface area contributed by atoms with Crippen LogP contribution in [-0.2, 0) is 9.68 Å². The molecule has 0 bridgehead atoms. The zero-order valence-corrected chi connectivity index (χ0v) is 13.4. The number of halogens is 1. The van der Waals surface area contributed by atoms with E-state index in [2.05, 4.69) is 15.6 Å². The molecule has 1 saturated heterocycles. The standard InChI is InChI=1S/C9H17NO2.C6H12FNO/c1-9(2,3)12-8(11)10-7-5-4-6-7;7-9-5-6-1-3-8-4-2-6/h7H,4-6H2,1-3H3,(H,10,11);6,8H,1-5H2. The molecule has 21 heavy (non-hydrogen) atoms. The quantitative estimate of drug-likeness (QED) is 0.841. The summed E-state index contributed by atoms with van der Waals surface area (Å²) >= 11 is 0. The lowest BCUT2D eigenvalue weighted by molar-refractivity contribution is -0.147. The maximum Gasteiger partial charge on any atom is 0.407 e. The van der Waals surface area contributed by atoms with E-state index in [0.717, 1.165) is 38.8 Å². The molecule has 1 aliphatic heterocycles. The maximum atomic E-state index is 11.3. The van der Waals surface area contributed by atoms with Gasteiger partial charge in [-0.05, 0) is 76.4 Å². The third kappa shape index (κ3) is 8.88. The summed E-state index contributed by atoms with van der Waals surface area (Å²) in [5, 5.41) is 6.01. The Hall–Kier alpha value is -0.880. The van der Waals surface area contributed by atoms with Crippen LogP contribution in [0.15, 0.2) is 0 Å². The van der Waals surface area contributed by atoms with Crippen LogP contribution in [0.3, 0.4) is 0 Å². The van der Waals surface area contributed by atoms with Gasteiger partial charge < -0.3 is 15.4 Å². The van der Waals surface area contributed by atoms with E-state index in [1.54, 1.807) is 0 Å². The minimum absolute atomic E-state index is 0.279. The van der Waals surface area contributed by atoms with Gasteiger partial charge in [-0.15, -0.1) is 0 Å². The van der Waals surface area contributed by atoms with Crippen molar-refractivity contribution in [3.63, 3.8) is 0 Å². The number of carbonyl (C=O) groups is 1. The van der Waals surface area contributed by atoms with E-state index in [9.17, 15) is 9.32 Å². The van der Waals surface area contributed by atoms with Crippen molar-refractivity contribution in [2.24, 2.45) is 5.92 Å². The van der Waals surface area contributed by atoms with E-state index in [1.165, 1.54) is 6.42 Å². The molecule has 1 aliphatic carbocycles. The Kier molecular flexibility index (Phi) is 7.96. The van der Waals surface area contributed by atoms with Crippen molar-refractivity contribution in [3.8, 4) is 0 Å². The third-order valence-electron chi connectivity index (χ3n) is 3.58. The van der Waals surface area contributed by atoms with Crippen molar-refractivity contribution < 1.29 is 19.0 Å². The van der Waals surface area contributed by atoms with Gasteiger partial charge in [0.15, 0.2) is 0 Å². The van der Waals surface area contributed by atoms with Gasteiger partial charge in [0.25, 0.3) is 0 Å². The zero-order chi connectivity index (χ0) is 15.7. The Morgan fingerprint density at radius 1 is 1.24 bits per heavy atom. The minimum atomic E-state index is -0.381. The molecule has 2 aliphatic rings. The van der Waals surface area contributed by atoms with Gasteiger partial charge in [0.1, 0.15) is 5.60 Å². The Morgan fingerprint density at radius 2 is 1.86 bits per heavy atom. The van der Waals surface area contributed by atoms with E-state index in [0.29, 0.717) is 12.0 Å². The highest BCUT2D eigenvalue weighted by molar-refractivity contribution is 5.68. The molecule has 0 unspecified atom stereocenters. The Labute approximate surface area is 126 Å². The van der Waals surface area contributed by atoms with Crippen molar-refractivity contribution in [3.05, 3.63) is 0 Å². The lowest BCUT2D eigenvalue weighted by atomic mass is 9.93. The first kappa shape index (κ1) is 18.2. The summed E-state index contributed by atoms with van der Waals surface area (Å²) in [4.78, 5) is 14.7. The largest absolute Gasteiger partial charge is 0.444 e. The van der Waals surface area contributed by atoms with Crippen LogP contribution in [0.1, 0.15) is 52.9 Å². The van der Waals surface area contributed by atoms with Crippen LogP contribution < -0.4 is 10.6 Å². The highest BCUT2D eigenvalue weighted by atomic mass is 19.3. The fraction of sp³-hybridized carbons (Fsp3) is 0.933. The smallest absolute Gasteiger partial charge is 0.407 e. The summed E-state index contributed by atoms with van der Waals surface area (Å²) in [6, 6.07) is 0.361. The first-order valence-electron chi connectivity index (χ1n) is 7.84. The molecule has 0 aromatic carbocycles. The molecule has 2 fully saturated rings. The summed E-state index contributed by atoms with van der Waals surface area (Å²) in [6.07, 6.45) is 5.22. The monoisotopic (exact) mass is 304 g/mol. The highest BCUT2D eigenvalue weighted by Crippen LogP contribution is 2.18. The van der Waals surface area contributed by atoms with Crippen LogP contribution in [0, 0.1) is 5.92 Å². The van der Waals surface area contributed by atoms with E-state index in [1.807, 2.05) is 20.8 Å². The molecule has 0 spiro atoms. The summed E-state index contributed by atoms with van der Waals surface area (Å²) in [6.45, 7) is 7.90. The van der Waals surface area contributed by atoms with Crippen molar-refractivity contribution in [1.29, 1.82) is 0 Å². The van der Waals surface area contributed by atoms with Gasteiger partial charge in [-0.2, -0.15) is 4.94 Å². The van der Waals surface area contributed by atoms with Crippen molar-refractivity contribution in [2.75, 3.05) is 19.7 Å². The topological polar surface area (TPSA) is 59.6 Å². The molecule has 0 aromatic rings. The first-order chi connectivity index (χ1) is 9.90. The average Bonchev–Trinajstić information content (AvgIpc) is 2.34. The molecule has 6 heteroatoms. The lowest BCUT2D eigenvalue weighted by Gasteiger charge is -2.28. The van der Waals surface area contributed by atoms with Crippen LogP contribution in [0.25, 0.3) is 0 Å². The number of hydrogen-bond donors (Lipinski definition) is 2. The molecule has 1 saturated carbocycles. The molecule has 0 radical (unpaired) electrons. The fourth-order valence-corrected chi connectivity index (χ4v) is 2.16. The van der Waals surface area contributed by atoms with Crippen molar-refractivity contribution in [1.82, 2.24) is 10.6 Å². The van der Waals surface area contributed by atoms with E-state index < -0.39 is 0 Å². The first-order valence-corrected chi connectivity index (χ1v) is 7.84. The minimum Gasteiger partial charge on any atom is -0.444 e. The summed E-state index contributed by atoms with van der Waals surface area (Å²) in [5.41, 5.74) is -0.381. The molecule has 124 valence electrons. The maximum absolute atomic E-state index is 11.3. The predicted molar refractivity (Wildman–Crippen MR) is 79.7 cm³/mol. The van der Waals surface area contributed by atoms with E-state index >= 15 is 0 Å². The number of carbonyl (C=O) groups excluding carboxylic acids is 1. The molecule has 0 atom stereocenters. The van der Waals surface area contributed by atoms with Gasteiger partial charge in [-0.25, -0.2) is 4.79 Å². The summed E-state index contributed by atoms with van der Waals surface area (Å²) in [7, 11) is 0. The third-order valence-corrected chi connectivity index (χ3v) is 3.58. The molecule has 2 N–H and O–H groups in total. The Bertz CT molecular complexity index is 295. The average molecular weight is 304 g/mol. The van der Waals surface area contributed by atoms with E-state index in [-0.39, 0.29) is 18.3 Å². The number of piperidine rings is 1. The summed E-state index contributed by atoms with van der Waals surface area (Å²) < 4.78 is 16.4. The van der Waals surface area contributed by atoms with Gasteiger partial charge in [0.2, 0.25) is 0 Å². The predicted octanol–water partition coefficient (Wildman–Crippen LogP) is 2.95. The number of alkyl carbamates (subject to hydrolysis) is 1. The van der Waals surface area contributed by atoms with E-state index in [4.69, 9.17) is 4.74 Å². The second kappa shape index (κ2) is 9.20. The second-order valence-electron chi connectivity index (χ2n) is 6.74. The van der Waals surface area contributed by atoms with Gasteiger partial charge in [-0.1, -0.05) is 0 Å². The molecule has 0 aromatic heterocycles. The summed E-state index contributed by atoms with van der Waals surface area (Å²) in [5.74, 6) is 0.441. The van der Waals surface area contributed by atoms with Crippen LogP contribution in [0.4, 0.5) is 9.32 Å². The van der Waals surface area contributed by atoms with Gasteiger partial charge in [-0.3, -0.25) is 0 Å².